The van der Waals surface area contributed by atoms with Crippen LogP contribution >= 0.6 is 11.8 Å². The molecule has 0 aromatic rings. The number of thioether (sulfide) groups is 1. The highest BCUT2D eigenvalue weighted by atomic mass is 32.2. The first kappa shape index (κ1) is 22.7. The second-order valence-corrected chi connectivity index (χ2v) is 6.50. The number of amides is 1. The number of aliphatic hydroxyl groups excluding tert-OH is 2. The van der Waals surface area contributed by atoms with Crippen LogP contribution in [0.25, 0.3) is 0 Å². The molecule has 0 aromatic heterocycles. The number of unbranched alkanes of at least 4 members (excludes halogenated alkanes) is 8. The Kier molecular flexibility index (Phi) is 16.3. The van der Waals surface area contributed by atoms with Crippen molar-refractivity contribution in [1.29, 1.82) is 0 Å². The molecule has 138 valence electrons. The number of nitrogens with zero attached hydrogens (tertiary/aromatic N) is 1. The lowest BCUT2D eigenvalue weighted by Crippen LogP contribution is -2.28. The molecule has 0 saturated carbocycles. The third kappa shape index (κ3) is 15.0. The van der Waals surface area contributed by atoms with Gasteiger partial charge in [-0.2, -0.15) is 0 Å². The van der Waals surface area contributed by atoms with Gasteiger partial charge in [0.1, 0.15) is 0 Å². The van der Waals surface area contributed by atoms with E-state index in [-0.39, 0.29) is 18.9 Å². The first-order valence-corrected chi connectivity index (χ1v) is 9.64. The van der Waals surface area contributed by atoms with Crippen LogP contribution < -0.4 is 0 Å². The van der Waals surface area contributed by atoms with Gasteiger partial charge < -0.3 is 14.9 Å². The summed E-state index contributed by atoms with van der Waals surface area (Å²) in [6.45, 7) is 2.69. The third-order valence-electron chi connectivity index (χ3n) is 3.54. The number of carbonyl (C=O) groups excluding carboxylic acids is 1. The number of rotatable bonds is 15. The Labute approximate surface area is 144 Å². The molecule has 0 heterocycles. The first-order chi connectivity index (χ1) is 11.1. The largest absolute Gasteiger partial charge is 0.385 e. The smallest absolute Gasteiger partial charge is 0.307 e. The molecule has 0 aliphatic rings. The van der Waals surface area contributed by atoms with Gasteiger partial charge in [0.25, 0.3) is 0 Å². The van der Waals surface area contributed by atoms with Crippen molar-refractivity contribution < 1.29 is 25.0 Å². The Balaban J connectivity index is 3.36. The third-order valence-corrected chi connectivity index (χ3v) is 4.13. The molecule has 6 nitrogen and oxygen atoms in total. The number of hydroxylamine groups is 2. The van der Waals surface area contributed by atoms with Crippen LogP contribution in [0.15, 0.2) is 0 Å². The van der Waals surface area contributed by atoms with Crippen molar-refractivity contribution in [2.45, 2.75) is 77.4 Å². The number of ether oxygens (including phenoxy) is 1. The predicted molar refractivity (Wildman–Crippen MR) is 92.4 cm³/mol. The van der Waals surface area contributed by atoms with Gasteiger partial charge in [-0.05, 0) is 18.2 Å². The Morgan fingerprint density at radius 3 is 2.22 bits per heavy atom. The maximum Gasteiger partial charge on any atom is 0.307 e. The minimum absolute atomic E-state index is 0.0231. The maximum absolute atomic E-state index is 11.2. The van der Waals surface area contributed by atoms with E-state index in [2.05, 4.69) is 6.92 Å². The highest BCUT2D eigenvalue weighted by molar-refractivity contribution is 8.13. The fourth-order valence-corrected chi connectivity index (χ4v) is 2.52. The van der Waals surface area contributed by atoms with E-state index in [0.29, 0.717) is 23.4 Å². The lowest BCUT2D eigenvalue weighted by Gasteiger charge is -2.16. The Hall–Kier alpha value is -0.340. The lowest BCUT2D eigenvalue weighted by atomic mass is 10.1. The molecule has 0 aliphatic carbocycles. The van der Waals surface area contributed by atoms with Crippen LogP contribution in [0.3, 0.4) is 0 Å². The van der Waals surface area contributed by atoms with E-state index in [9.17, 15) is 15.1 Å². The summed E-state index contributed by atoms with van der Waals surface area (Å²) in [4.78, 5) is 11.2. The minimum Gasteiger partial charge on any atom is -0.385 e. The maximum atomic E-state index is 11.2. The van der Waals surface area contributed by atoms with Crippen LogP contribution in [-0.2, 0) is 4.74 Å². The summed E-state index contributed by atoms with van der Waals surface area (Å²) >= 11 is 0.596. The van der Waals surface area contributed by atoms with Crippen LogP contribution in [0.5, 0.6) is 0 Å². The molecule has 0 spiro atoms. The molecule has 0 bridgehead atoms. The summed E-state index contributed by atoms with van der Waals surface area (Å²) in [5, 5.41) is 27.3. The highest BCUT2D eigenvalue weighted by Crippen LogP contribution is 2.10. The minimum atomic E-state index is -0.981. The zero-order valence-corrected chi connectivity index (χ0v) is 15.1. The number of carbonyl (C=O) groups is 1. The second-order valence-electron chi connectivity index (χ2n) is 5.61. The molecule has 1 unspecified atom stereocenters. The van der Waals surface area contributed by atoms with Crippen molar-refractivity contribution in [3.63, 3.8) is 0 Å². The molecular formula is C16H33NO5S. The molecular weight excluding hydrogens is 318 g/mol. The topological polar surface area (TPSA) is 90.2 Å². The average Bonchev–Trinajstić information content (AvgIpc) is 2.54. The standard InChI is InChI=1S/C16H33NO5S/c1-2-3-4-5-6-7-8-9-10-13-22-15(19)11-12-17(21)16(20)23-14-18/h15,18-19,21H,2-14H2,1H3. The molecule has 1 amide bonds. The monoisotopic (exact) mass is 351 g/mol. The van der Waals surface area contributed by atoms with Gasteiger partial charge in [0, 0.05) is 13.0 Å². The van der Waals surface area contributed by atoms with Crippen molar-refractivity contribution in [2.24, 2.45) is 0 Å². The zero-order valence-electron chi connectivity index (χ0n) is 14.3. The summed E-state index contributed by atoms with van der Waals surface area (Å²) in [6, 6.07) is 0. The summed E-state index contributed by atoms with van der Waals surface area (Å²) in [5.74, 6) is -0.381. The van der Waals surface area contributed by atoms with E-state index >= 15 is 0 Å². The summed E-state index contributed by atoms with van der Waals surface area (Å²) < 4.78 is 5.24. The fraction of sp³-hybridized carbons (Fsp3) is 0.938. The van der Waals surface area contributed by atoms with E-state index in [4.69, 9.17) is 9.84 Å². The molecule has 23 heavy (non-hydrogen) atoms. The number of aliphatic hydroxyl groups is 2. The van der Waals surface area contributed by atoms with Crippen LogP contribution in [0.4, 0.5) is 4.79 Å². The molecule has 0 aromatic carbocycles. The van der Waals surface area contributed by atoms with Crippen LogP contribution in [-0.4, -0.2) is 51.1 Å². The molecule has 0 radical (unpaired) electrons. The molecule has 0 aliphatic heterocycles. The van der Waals surface area contributed by atoms with Gasteiger partial charge in [-0.25, -0.2) is 5.06 Å². The Morgan fingerprint density at radius 1 is 1.09 bits per heavy atom. The van der Waals surface area contributed by atoms with Crippen molar-refractivity contribution in [3.8, 4) is 0 Å². The quantitative estimate of drug-likeness (QED) is 0.180. The Bertz CT molecular complexity index is 281. The van der Waals surface area contributed by atoms with Gasteiger partial charge in [-0.1, -0.05) is 58.3 Å². The van der Waals surface area contributed by atoms with E-state index in [1.807, 2.05) is 0 Å². The van der Waals surface area contributed by atoms with Crippen LogP contribution in [0.1, 0.15) is 71.1 Å². The average molecular weight is 352 g/mol. The second kappa shape index (κ2) is 16.5. The molecule has 0 saturated heterocycles. The Morgan fingerprint density at radius 2 is 1.65 bits per heavy atom. The summed E-state index contributed by atoms with van der Waals surface area (Å²) in [7, 11) is 0. The van der Waals surface area contributed by atoms with Crippen molar-refractivity contribution in [3.05, 3.63) is 0 Å². The SMILES string of the molecule is CCCCCCCCCCCOC(O)CCN(O)C(=O)SCO. The van der Waals surface area contributed by atoms with Gasteiger partial charge in [-0.15, -0.1) is 0 Å². The van der Waals surface area contributed by atoms with Gasteiger partial charge in [-0.3, -0.25) is 10.0 Å². The molecule has 1 atom stereocenters. The van der Waals surface area contributed by atoms with E-state index in [1.165, 1.54) is 44.9 Å². The lowest BCUT2D eigenvalue weighted by molar-refractivity contribution is -0.121. The molecule has 3 N–H and O–H groups in total. The summed E-state index contributed by atoms with van der Waals surface area (Å²) in [5.41, 5.74) is 0. The van der Waals surface area contributed by atoms with E-state index in [0.717, 1.165) is 12.8 Å². The van der Waals surface area contributed by atoms with Gasteiger partial charge in [0.2, 0.25) is 0 Å². The van der Waals surface area contributed by atoms with Crippen LogP contribution in [0.2, 0.25) is 0 Å². The van der Waals surface area contributed by atoms with Crippen LogP contribution in [0, 0.1) is 0 Å². The summed E-state index contributed by atoms with van der Waals surface area (Å²) in [6.07, 6.45) is 10.2. The highest BCUT2D eigenvalue weighted by Gasteiger charge is 2.13. The van der Waals surface area contributed by atoms with E-state index in [1.54, 1.807) is 0 Å². The van der Waals surface area contributed by atoms with Crippen molar-refractivity contribution in [1.82, 2.24) is 5.06 Å². The van der Waals surface area contributed by atoms with Gasteiger partial charge in [0.05, 0.1) is 12.5 Å². The molecule has 7 heteroatoms. The first-order valence-electron chi connectivity index (χ1n) is 8.65. The molecule has 0 fully saturated rings. The predicted octanol–water partition coefficient (Wildman–Crippen LogP) is 3.74. The van der Waals surface area contributed by atoms with Gasteiger partial charge >= 0.3 is 5.24 Å². The number of hydrogen-bond acceptors (Lipinski definition) is 6. The van der Waals surface area contributed by atoms with E-state index < -0.39 is 11.5 Å². The normalized spacial score (nSPS) is 12.3. The zero-order chi connectivity index (χ0) is 17.3. The number of hydrogen-bond donors (Lipinski definition) is 3. The van der Waals surface area contributed by atoms with Gasteiger partial charge in [0.15, 0.2) is 6.29 Å². The van der Waals surface area contributed by atoms with Crippen molar-refractivity contribution in [2.75, 3.05) is 19.1 Å². The van der Waals surface area contributed by atoms with Crippen molar-refractivity contribution >= 4 is 17.0 Å². The molecule has 0 rings (SSSR count). The fourth-order valence-electron chi connectivity index (χ4n) is 2.17.